The van der Waals surface area contributed by atoms with E-state index in [-0.39, 0.29) is 35.7 Å². The molecule has 0 spiro atoms. The van der Waals surface area contributed by atoms with E-state index in [0.717, 1.165) is 31.0 Å². The third-order valence-corrected chi connectivity index (χ3v) is 6.11. The number of aromatic carboxylic acids is 1. The molecule has 0 saturated carbocycles. The molecule has 0 bridgehead atoms. The smallest absolute Gasteiger partial charge is 0.421 e. The minimum atomic E-state index is -4.87. The van der Waals surface area contributed by atoms with Crippen molar-refractivity contribution < 1.29 is 42.1 Å². The molecule has 0 aliphatic heterocycles. The highest BCUT2D eigenvalue weighted by atomic mass is 19.4. The first-order chi connectivity index (χ1) is 19.3. The van der Waals surface area contributed by atoms with Crippen molar-refractivity contribution in [2.24, 2.45) is 0 Å². The van der Waals surface area contributed by atoms with Gasteiger partial charge in [-0.15, -0.1) is 0 Å². The van der Waals surface area contributed by atoms with E-state index in [4.69, 9.17) is 4.74 Å². The van der Waals surface area contributed by atoms with Gasteiger partial charge in [0.05, 0.1) is 24.9 Å². The van der Waals surface area contributed by atoms with Crippen LogP contribution in [-0.4, -0.2) is 52.7 Å². The second kappa shape index (κ2) is 12.7. The molecule has 3 rings (SSSR count). The van der Waals surface area contributed by atoms with Crippen LogP contribution < -0.4 is 9.64 Å². The van der Waals surface area contributed by atoms with Gasteiger partial charge in [0.25, 0.3) is 5.91 Å². The average molecular weight is 574 g/mol. The first-order valence-corrected chi connectivity index (χ1v) is 12.6. The number of hydrogen-bond donors (Lipinski definition) is 1. The summed E-state index contributed by atoms with van der Waals surface area (Å²) in [4.78, 5) is 43.7. The number of carboxylic acid groups (broad SMARTS) is 1. The van der Waals surface area contributed by atoms with Crippen LogP contribution in [0.25, 0.3) is 0 Å². The Morgan fingerprint density at radius 3 is 2.24 bits per heavy atom. The standard InChI is InChI=1S/C29H30F3N3O6/c1-6-34(28(39)40-5)16-19-13-23(29(30,31)32)25(33-15-19)41-21-11-12-24(22(14-21)27(37)38)35(17(2)3)26(36)20-9-7-18(4)8-10-20/h7-15,17H,6,16H2,1-5H3,(H,37,38). The number of alkyl halides is 3. The minimum Gasteiger partial charge on any atom is -0.478 e. The molecule has 3 aromatic rings. The summed E-state index contributed by atoms with van der Waals surface area (Å²) in [6, 6.07) is 10.7. The number of hydrogen-bond acceptors (Lipinski definition) is 6. The summed E-state index contributed by atoms with van der Waals surface area (Å²) in [5, 5.41) is 9.94. The predicted molar refractivity (Wildman–Crippen MR) is 144 cm³/mol. The first-order valence-electron chi connectivity index (χ1n) is 12.6. The quantitative estimate of drug-likeness (QED) is 0.309. The summed E-state index contributed by atoms with van der Waals surface area (Å²) in [7, 11) is 1.16. The van der Waals surface area contributed by atoms with Gasteiger partial charge in [0.15, 0.2) is 0 Å². The van der Waals surface area contributed by atoms with Gasteiger partial charge in [-0.25, -0.2) is 14.6 Å². The zero-order valence-corrected chi connectivity index (χ0v) is 23.2. The second-order valence-electron chi connectivity index (χ2n) is 9.40. The maximum atomic E-state index is 14.0. The highest BCUT2D eigenvalue weighted by Gasteiger charge is 2.36. The van der Waals surface area contributed by atoms with Crippen LogP contribution in [0.1, 0.15) is 58.2 Å². The number of halogens is 3. The molecule has 218 valence electrons. The van der Waals surface area contributed by atoms with Crippen LogP contribution in [0.4, 0.5) is 23.7 Å². The third kappa shape index (κ3) is 7.33. The van der Waals surface area contributed by atoms with Crippen LogP contribution in [0.5, 0.6) is 11.6 Å². The monoisotopic (exact) mass is 573 g/mol. The average Bonchev–Trinajstić information content (AvgIpc) is 2.92. The molecule has 1 aromatic heterocycles. The van der Waals surface area contributed by atoms with Gasteiger partial charge in [-0.1, -0.05) is 17.7 Å². The molecule has 0 radical (unpaired) electrons. The molecule has 41 heavy (non-hydrogen) atoms. The van der Waals surface area contributed by atoms with Crippen LogP contribution in [0.2, 0.25) is 0 Å². The number of pyridine rings is 1. The van der Waals surface area contributed by atoms with Crippen LogP contribution in [0.3, 0.4) is 0 Å². The van der Waals surface area contributed by atoms with Crippen molar-refractivity contribution in [2.75, 3.05) is 18.6 Å². The molecule has 0 aliphatic carbocycles. The molecule has 1 heterocycles. The normalized spacial score (nSPS) is 11.2. The third-order valence-electron chi connectivity index (χ3n) is 6.11. The summed E-state index contributed by atoms with van der Waals surface area (Å²) in [5.74, 6) is -2.88. The van der Waals surface area contributed by atoms with Gasteiger partial charge >= 0.3 is 18.2 Å². The van der Waals surface area contributed by atoms with Gasteiger partial charge in [0.1, 0.15) is 11.3 Å². The molecule has 0 unspecified atom stereocenters. The van der Waals surface area contributed by atoms with Crippen molar-refractivity contribution in [3.63, 3.8) is 0 Å². The molecule has 2 amide bonds. The molecule has 0 atom stereocenters. The van der Waals surface area contributed by atoms with Gasteiger partial charge in [0.2, 0.25) is 5.88 Å². The lowest BCUT2D eigenvalue weighted by atomic mass is 10.1. The highest BCUT2D eigenvalue weighted by Crippen LogP contribution is 2.38. The largest absolute Gasteiger partial charge is 0.478 e. The Hall–Kier alpha value is -4.61. The van der Waals surface area contributed by atoms with Gasteiger partial charge < -0.3 is 24.4 Å². The fourth-order valence-electron chi connectivity index (χ4n) is 4.05. The fourth-order valence-corrected chi connectivity index (χ4v) is 4.05. The molecule has 0 saturated heterocycles. The maximum Gasteiger partial charge on any atom is 0.421 e. The van der Waals surface area contributed by atoms with Crippen LogP contribution in [0.15, 0.2) is 54.7 Å². The lowest BCUT2D eigenvalue weighted by molar-refractivity contribution is -0.139. The zero-order valence-electron chi connectivity index (χ0n) is 23.2. The number of carboxylic acids is 1. The van der Waals surface area contributed by atoms with Gasteiger partial charge in [-0.05, 0) is 69.7 Å². The number of benzene rings is 2. The van der Waals surface area contributed by atoms with E-state index in [9.17, 15) is 32.7 Å². The molecular weight excluding hydrogens is 543 g/mol. The Labute approximate surface area is 235 Å². The van der Waals surface area contributed by atoms with E-state index in [1.54, 1.807) is 45.0 Å². The highest BCUT2D eigenvalue weighted by molar-refractivity contribution is 6.09. The number of rotatable bonds is 9. The predicted octanol–water partition coefficient (Wildman–Crippen LogP) is 6.54. The number of anilines is 1. The van der Waals surface area contributed by atoms with Crippen LogP contribution in [-0.2, 0) is 17.5 Å². The lowest BCUT2D eigenvalue weighted by Gasteiger charge is -2.28. The summed E-state index contributed by atoms with van der Waals surface area (Å²) in [6.07, 6.45) is -4.45. The van der Waals surface area contributed by atoms with Crippen molar-refractivity contribution in [3.05, 3.63) is 82.5 Å². The van der Waals surface area contributed by atoms with Crippen LogP contribution >= 0.6 is 0 Å². The van der Waals surface area contributed by atoms with E-state index < -0.39 is 41.6 Å². The number of nitrogens with zero attached hydrogens (tertiary/aromatic N) is 3. The van der Waals surface area contributed by atoms with E-state index >= 15 is 0 Å². The van der Waals surface area contributed by atoms with E-state index in [1.807, 2.05) is 6.92 Å². The Morgan fingerprint density at radius 1 is 1.05 bits per heavy atom. The van der Waals surface area contributed by atoms with E-state index in [1.165, 1.54) is 21.9 Å². The molecule has 9 nitrogen and oxygen atoms in total. The summed E-state index contributed by atoms with van der Waals surface area (Å²) >= 11 is 0. The van der Waals surface area contributed by atoms with Gasteiger partial charge in [-0.3, -0.25) is 4.79 Å². The molecule has 0 aliphatic rings. The summed E-state index contributed by atoms with van der Waals surface area (Å²) < 4.78 is 51.9. The summed E-state index contributed by atoms with van der Waals surface area (Å²) in [5.41, 5.74) is -0.146. The van der Waals surface area contributed by atoms with Gasteiger partial charge in [-0.2, -0.15) is 13.2 Å². The zero-order chi connectivity index (χ0) is 30.5. The molecular formula is C29H30F3N3O6. The fraction of sp³-hybridized carbons (Fsp3) is 0.310. The number of aromatic nitrogens is 1. The van der Waals surface area contributed by atoms with Crippen molar-refractivity contribution in [2.45, 2.75) is 46.5 Å². The van der Waals surface area contributed by atoms with Crippen molar-refractivity contribution in [1.29, 1.82) is 0 Å². The number of ether oxygens (including phenoxy) is 2. The Kier molecular flexibility index (Phi) is 9.59. The SMILES string of the molecule is CCN(Cc1cnc(Oc2ccc(N(C(=O)c3ccc(C)cc3)C(C)C)c(C(=O)O)c2)c(C(F)(F)F)c1)C(=O)OC. The minimum absolute atomic E-state index is 0.0484. The van der Waals surface area contributed by atoms with Crippen LogP contribution in [0, 0.1) is 6.92 Å². The Bertz CT molecular complexity index is 1420. The summed E-state index contributed by atoms with van der Waals surface area (Å²) in [6.45, 7) is 6.94. The number of carbonyl (C=O) groups excluding carboxylic acids is 2. The van der Waals surface area contributed by atoms with E-state index in [0.29, 0.717) is 5.56 Å². The van der Waals surface area contributed by atoms with Crippen molar-refractivity contribution in [1.82, 2.24) is 9.88 Å². The topological polar surface area (TPSA) is 109 Å². The van der Waals surface area contributed by atoms with Gasteiger partial charge in [0, 0.05) is 24.3 Å². The molecule has 2 aromatic carbocycles. The number of methoxy groups -OCH3 is 1. The lowest BCUT2D eigenvalue weighted by Crippen LogP contribution is -2.38. The number of aryl methyl sites for hydroxylation is 1. The van der Waals surface area contributed by atoms with Crippen molar-refractivity contribution in [3.8, 4) is 11.6 Å². The molecule has 0 fully saturated rings. The Balaban J connectivity index is 2.00. The number of carbonyl (C=O) groups is 3. The van der Waals surface area contributed by atoms with E-state index in [2.05, 4.69) is 9.72 Å². The van der Waals surface area contributed by atoms with Crippen molar-refractivity contribution >= 4 is 23.7 Å². The number of amides is 2. The molecule has 1 N–H and O–H groups in total. The molecule has 12 heteroatoms. The second-order valence-corrected chi connectivity index (χ2v) is 9.40. The first kappa shape index (κ1) is 30.9. The Morgan fingerprint density at radius 2 is 1.71 bits per heavy atom. The maximum absolute atomic E-state index is 14.0.